The van der Waals surface area contributed by atoms with Crippen molar-refractivity contribution in [1.82, 2.24) is 4.57 Å². The van der Waals surface area contributed by atoms with E-state index in [4.69, 9.17) is 0 Å². The molecule has 0 amide bonds. The second kappa shape index (κ2) is 7.97. The lowest BCUT2D eigenvalue weighted by atomic mass is 9.81. The molecule has 0 aliphatic heterocycles. The maximum atomic E-state index is 2.36. The molecular formula is C28H27N. The number of hydrogen-bond acceptors (Lipinski definition) is 0. The van der Waals surface area contributed by atoms with Gasteiger partial charge in [-0.25, -0.2) is 0 Å². The Morgan fingerprint density at radius 3 is 2.34 bits per heavy atom. The van der Waals surface area contributed by atoms with Crippen LogP contribution in [0.2, 0.25) is 0 Å². The van der Waals surface area contributed by atoms with E-state index in [0.717, 1.165) is 0 Å². The van der Waals surface area contributed by atoms with Gasteiger partial charge in [0.15, 0.2) is 0 Å². The molecule has 0 spiro atoms. The molecule has 1 heteroatoms. The maximum absolute atomic E-state index is 2.36. The molecule has 3 aromatic rings. The van der Waals surface area contributed by atoms with Crippen LogP contribution in [0.4, 0.5) is 0 Å². The minimum Gasteiger partial charge on any atom is -0.309 e. The van der Waals surface area contributed by atoms with Gasteiger partial charge in [-0.05, 0) is 50.6 Å². The van der Waals surface area contributed by atoms with E-state index in [-0.39, 0.29) is 5.41 Å². The van der Waals surface area contributed by atoms with Gasteiger partial charge in [0.2, 0.25) is 0 Å². The second-order valence-corrected chi connectivity index (χ2v) is 7.58. The van der Waals surface area contributed by atoms with Gasteiger partial charge in [0.25, 0.3) is 0 Å². The SMILES string of the molecule is C\C=C/C=C(\C=C/C)C1(C)C=Cc2c(n(-c3ccccc3)c3ccccc23)C=C1. The highest BCUT2D eigenvalue weighted by molar-refractivity contribution is 5.96. The maximum Gasteiger partial charge on any atom is 0.0541 e. The molecule has 144 valence electrons. The molecule has 29 heavy (non-hydrogen) atoms. The van der Waals surface area contributed by atoms with E-state index < -0.39 is 0 Å². The van der Waals surface area contributed by atoms with Gasteiger partial charge < -0.3 is 4.57 Å². The van der Waals surface area contributed by atoms with Crippen molar-refractivity contribution in [3.8, 4) is 5.69 Å². The molecule has 1 aliphatic rings. The standard InChI is InChI=1S/C28H27N/c1-4-6-13-22(12-5-2)28(3)20-18-25-24-16-10-11-17-26(24)29(27(25)19-21-28)23-14-8-7-9-15-23/h4-21H,1-3H3/b6-4-,12-5-,22-13+. The van der Waals surface area contributed by atoms with Crippen molar-refractivity contribution < 1.29 is 0 Å². The summed E-state index contributed by atoms with van der Waals surface area (Å²) in [5.41, 5.74) is 6.02. The average Bonchev–Trinajstić information content (AvgIpc) is 2.97. The summed E-state index contributed by atoms with van der Waals surface area (Å²) in [4.78, 5) is 0. The van der Waals surface area contributed by atoms with Crippen molar-refractivity contribution in [2.24, 2.45) is 5.41 Å². The quantitative estimate of drug-likeness (QED) is 0.409. The summed E-state index contributed by atoms with van der Waals surface area (Å²) in [7, 11) is 0. The lowest BCUT2D eigenvalue weighted by Crippen LogP contribution is -2.11. The monoisotopic (exact) mass is 377 g/mol. The molecule has 0 N–H and O–H groups in total. The summed E-state index contributed by atoms with van der Waals surface area (Å²) >= 11 is 0. The van der Waals surface area contributed by atoms with E-state index >= 15 is 0 Å². The van der Waals surface area contributed by atoms with E-state index in [1.807, 2.05) is 0 Å². The summed E-state index contributed by atoms with van der Waals surface area (Å²) < 4.78 is 2.36. The highest BCUT2D eigenvalue weighted by Gasteiger charge is 2.25. The molecule has 0 saturated heterocycles. The largest absolute Gasteiger partial charge is 0.309 e. The zero-order valence-electron chi connectivity index (χ0n) is 17.3. The number of para-hydroxylation sites is 2. The molecule has 1 atom stereocenters. The third-order valence-electron chi connectivity index (χ3n) is 5.59. The number of allylic oxidation sites excluding steroid dienone is 8. The van der Waals surface area contributed by atoms with Gasteiger partial charge in [-0.3, -0.25) is 0 Å². The molecule has 2 aromatic carbocycles. The molecule has 1 heterocycles. The fraction of sp³-hybridized carbons (Fsp3) is 0.143. The molecule has 0 radical (unpaired) electrons. The molecule has 1 nitrogen and oxygen atoms in total. The van der Waals surface area contributed by atoms with Gasteiger partial charge in [0.1, 0.15) is 0 Å². The number of benzene rings is 2. The van der Waals surface area contributed by atoms with Gasteiger partial charge in [0.05, 0.1) is 11.2 Å². The third kappa shape index (κ3) is 3.45. The van der Waals surface area contributed by atoms with Gasteiger partial charge in [-0.1, -0.05) is 85.0 Å². The first-order valence-corrected chi connectivity index (χ1v) is 10.2. The first kappa shape index (κ1) is 19.0. The summed E-state index contributed by atoms with van der Waals surface area (Å²) in [6, 6.07) is 19.3. The number of fused-ring (bicyclic) bond motifs is 3. The molecule has 1 aliphatic carbocycles. The highest BCUT2D eigenvalue weighted by Crippen LogP contribution is 2.39. The van der Waals surface area contributed by atoms with Crippen LogP contribution in [0.1, 0.15) is 32.0 Å². The number of rotatable bonds is 4. The van der Waals surface area contributed by atoms with Gasteiger partial charge in [-0.2, -0.15) is 0 Å². The fourth-order valence-corrected chi connectivity index (χ4v) is 4.03. The highest BCUT2D eigenvalue weighted by atomic mass is 15.0. The predicted molar refractivity (Wildman–Crippen MR) is 127 cm³/mol. The third-order valence-corrected chi connectivity index (χ3v) is 5.59. The molecule has 1 aromatic heterocycles. The average molecular weight is 378 g/mol. The zero-order chi connectivity index (χ0) is 20.3. The van der Waals surface area contributed by atoms with Crippen molar-refractivity contribution in [2.75, 3.05) is 0 Å². The molecule has 4 rings (SSSR count). The topological polar surface area (TPSA) is 4.93 Å². The lowest BCUT2D eigenvalue weighted by Gasteiger charge is -2.23. The molecule has 0 fully saturated rings. The van der Waals surface area contributed by atoms with Crippen LogP contribution in [-0.4, -0.2) is 4.57 Å². The number of nitrogens with zero attached hydrogens (tertiary/aromatic N) is 1. The van der Waals surface area contributed by atoms with Crippen molar-refractivity contribution in [2.45, 2.75) is 20.8 Å². The second-order valence-electron chi connectivity index (χ2n) is 7.58. The molecule has 0 bridgehead atoms. The number of hydrogen-bond donors (Lipinski definition) is 0. The van der Waals surface area contributed by atoms with E-state index in [1.165, 1.54) is 33.4 Å². The summed E-state index contributed by atoms with van der Waals surface area (Å²) in [6.07, 6.45) is 19.9. The fourth-order valence-electron chi connectivity index (χ4n) is 4.03. The van der Waals surface area contributed by atoms with Crippen LogP contribution in [-0.2, 0) is 0 Å². The Morgan fingerprint density at radius 1 is 0.862 bits per heavy atom. The van der Waals surface area contributed by atoms with Crippen LogP contribution in [0.15, 0.2) is 103 Å². The van der Waals surface area contributed by atoms with Crippen LogP contribution >= 0.6 is 0 Å². The Hall–Kier alpha value is -3.32. The Morgan fingerprint density at radius 2 is 1.59 bits per heavy atom. The van der Waals surface area contributed by atoms with E-state index in [0.29, 0.717) is 0 Å². The number of aromatic nitrogens is 1. The van der Waals surface area contributed by atoms with Gasteiger partial charge >= 0.3 is 0 Å². The smallest absolute Gasteiger partial charge is 0.0541 e. The van der Waals surface area contributed by atoms with Crippen LogP contribution < -0.4 is 0 Å². The van der Waals surface area contributed by atoms with Crippen LogP contribution in [0.25, 0.3) is 28.7 Å². The lowest BCUT2D eigenvalue weighted by molar-refractivity contribution is 0.688. The van der Waals surface area contributed by atoms with Crippen molar-refractivity contribution in [3.63, 3.8) is 0 Å². The first-order valence-electron chi connectivity index (χ1n) is 10.2. The van der Waals surface area contributed by atoms with Gasteiger partial charge in [0, 0.05) is 22.1 Å². The van der Waals surface area contributed by atoms with Crippen molar-refractivity contribution in [1.29, 1.82) is 0 Å². The molecular weight excluding hydrogens is 350 g/mol. The van der Waals surface area contributed by atoms with Crippen LogP contribution in [0.3, 0.4) is 0 Å². The Labute approximate surface area is 173 Å². The van der Waals surface area contributed by atoms with E-state index in [1.54, 1.807) is 0 Å². The molecule has 1 unspecified atom stereocenters. The predicted octanol–water partition coefficient (Wildman–Crippen LogP) is 7.76. The van der Waals surface area contributed by atoms with E-state index in [2.05, 4.69) is 135 Å². The normalized spacial score (nSPS) is 19.3. The Bertz CT molecular complexity index is 1170. The van der Waals surface area contributed by atoms with Crippen LogP contribution in [0, 0.1) is 5.41 Å². The van der Waals surface area contributed by atoms with Crippen molar-refractivity contribution >= 4 is 23.1 Å². The molecule has 0 saturated carbocycles. The van der Waals surface area contributed by atoms with Gasteiger partial charge in [-0.15, -0.1) is 0 Å². The summed E-state index contributed by atoms with van der Waals surface area (Å²) in [5.74, 6) is 0. The minimum absolute atomic E-state index is 0.173. The first-order chi connectivity index (χ1) is 14.2. The van der Waals surface area contributed by atoms with Crippen LogP contribution in [0.5, 0.6) is 0 Å². The Balaban J connectivity index is 1.94. The Kier molecular flexibility index (Phi) is 5.22. The minimum atomic E-state index is -0.173. The summed E-state index contributed by atoms with van der Waals surface area (Å²) in [6.45, 7) is 6.40. The van der Waals surface area contributed by atoms with Crippen molar-refractivity contribution in [3.05, 3.63) is 114 Å². The summed E-state index contributed by atoms with van der Waals surface area (Å²) in [5, 5.41) is 1.28. The van der Waals surface area contributed by atoms with E-state index in [9.17, 15) is 0 Å². The zero-order valence-corrected chi connectivity index (χ0v) is 17.3.